The van der Waals surface area contributed by atoms with E-state index in [0.29, 0.717) is 51.7 Å². The van der Waals surface area contributed by atoms with Crippen molar-refractivity contribution in [2.75, 3.05) is 5.32 Å². The monoisotopic (exact) mass is 693 g/mol. The van der Waals surface area contributed by atoms with Gasteiger partial charge in [-0.25, -0.2) is 32.3 Å². The first kappa shape index (κ1) is 33.4. The standard InChI is InChI=1S/C33H27ClF3N7O5/c1-16-40-24-11-21(34)29(20(30(24)49-16)7-2-3-8-26(45)46)41-31-42-32(47)44(25-14-39-13-19-6-4-5-18(12-38)27(19)25)33(48)43(31)15-17-9-22(35)28(37)23(36)10-17/h4-6,9-11,13-14H,2-3,7-8,12,15,38H2,1H3,(H,45,46)(H,41,42,47). The number of halogens is 4. The van der Waals surface area contributed by atoms with Gasteiger partial charge in [-0.15, -0.1) is 0 Å². The number of carbonyl (C=O) groups is 1. The van der Waals surface area contributed by atoms with Crippen LogP contribution in [0.2, 0.25) is 5.02 Å². The molecule has 3 aromatic carbocycles. The maximum atomic E-state index is 14.4. The zero-order valence-corrected chi connectivity index (χ0v) is 26.5. The quantitative estimate of drug-likeness (QED) is 0.116. The van der Waals surface area contributed by atoms with E-state index in [2.05, 4.69) is 20.3 Å². The molecule has 4 N–H and O–H groups in total. The maximum Gasteiger partial charge on any atom is 0.359 e. The lowest BCUT2D eigenvalue weighted by molar-refractivity contribution is -0.137. The zero-order chi connectivity index (χ0) is 35.0. The van der Waals surface area contributed by atoms with Crippen LogP contribution in [0.25, 0.3) is 27.6 Å². The Morgan fingerprint density at radius 2 is 1.84 bits per heavy atom. The normalized spacial score (nSPS) is 11.5. The van der Waals surface area contributed by atoms with Crippen molar-refractivity contribution >= 4 is 51.1 Å². The van der Waals surface area contributed by atoms with E-state index in [0.717, 1.165) is 21.3 Å². The second-order valence-corrected chi connectivity index (χ2v) is 11.6. The van der Waals surface area contributed by atoms with Crippen LogP contribution in [0.1, 0.15) is 41.8 Å². The molecule has 3 aromatic heterocycles. The number of benzene rings is 3. The summed E-state index contributed by atoms with van der Waals surface area (Å²) < 4.78 is 50.1. The number of oxazole rings is 1. The predicted octanol–water partition coefficient (Wildman–Crippen LogP) is 5.51. The molecule has 16 heteroatoms. The van der Waals surface area contributed by atoms with Crippen molar-refractivity contribution in [3.63, 3.8) is 0 Å². The van der Waals surface area contributed by atoms with Crippen molar-refractivity contribution in [3.05, 3.63) is 115 Å². The molecule has 0 saturated carbocycles. The Morgan fingerprint density at radius 1 is 1.08 bits per heavy atom. The van der Waals surface area contributed by atoms with E-state index < -0.39 is 41.3 Å². The van der Waals surface area contributed by atoms with Crippen LogP contribution in [0.3, 0.4) is 0 Å². The summed E-state index contributed by atoms with van der Waals surface area (Å²) >= 11 is 6.71. The van der Waals surface area contributed by atoms with Gasteiger partial charge in [0.1, 0.15) is 5.52 Å². The highest BCUT2D eigenvalue weighted by atomic mass is 35.5. The summed E-state index contributed by atoms with van der Waals surface area (Å²) in [7, 11) is 0. The fourth-order valence-corrected chi connectivity index (χ4v) is 5.99. The van der Waals surface area contributed by atoms with Gasteiger partial charge < -0.3 is 20.6 Å². The Hall–Kier alpha value is -5.54. The number of aromatic nitrogens is 5. The molecule has 252 valence electrons. The number of anilines is 2. The number of fused-ring (bicyclic) bond motifs is 2. The average Bonchev–Trinajstić information content (AvgIpc) is 3.43. The number of nitrogens with one attached hydrogen (secondary N) is 1. The van der Waals surface area contributed by atoms with Gasteiger partial charge in [0.2, 0.25) is 5.95 Å². The number of carboxylic acids is 1. The van der Waals surface area contributed by atoms with E-state index in [1.807, 2.05) is 0 Å². The molecule has 0 aliphatic rings. The van der Waals surface area contributed by atoms with Gasteiger partial charge in [-0.3, -0.25) is 14.3 Å². The minimum absolute atomic E-state index is 0.0634. The Kier molecular flexibility index (Phi) is 9.21. The molecular weight excluding hydrogens is 667 g/mol. The molecule has 0 atom stereocenters. The molecule has 0 saturated heterocycles. The van der Waals surface area contributed by atoms with Crippen molar-refractivity contribution in [2.45, 2.75) is 45.7 Å². The highest BCUT2D eigenvalue weighted by Gasteiger charge is 2.23. The topological polar surface area (TPSA) is 171 Å². The van der Waals surface area contributed by atoms with Gasteiger partial charge in [-0.05, 0) is 48.6 Å². The van der Waals surface area contributed by atoms with Crippen LogP contribution in [-0.2, 0) is 24.3 Å². The molecule has 0 aliphatic heterocycles. The van der Waals surface area contributed by atoms with Crippen molar-refractivity contribution in [3.8, 4) is 5.69 Å². The van der Waals surface area contributed by atoms with Crippen LogP contribution in [0.4, 0.5) is 24.8 Å². The number of rotatable bonds is 11. The number of hydrogen-bond acceptors (Lipinski definition) is 9. The SMILES string of the molecule is Cc1nc2cc(Cl)c(Nc3nc(=O)n(-c4cncc5cccc(CN)c45)c(=O)n3Cc3cc(F)c(F)c(F)c3)c(CCCCC(=O)O)c2o1. The van der Waals surface area contributed by atoms with Crippen LogP contribution in [0.15, 0.2) is 62.8 Å². The average molecular weight is 694 g/mol. The van der Waals surface area contributed by atoms with Crippen LogP contribution >= 0.6 is 11.6 Å². The molecule has 0 spiro atoms. The molecule has 0 bridgehead atoms. The van der Waals surface area contributed by atoms with E-state index in [4.69, 9.17) is 26.9 Å². The fourth-order valence-electron chi connectivity index (χ4n) is 5.72. The third-order valence-corrected chi connectivity index (χ3v) is 8.21. The Balaban J connectivity index is 1.57. The highest BCUT2D eigenvalue weighted by Crippen LogP contribution is 2.37. The minimum atomic E-state index is -1.69. The highest BCUT2D eigenvalue weighted by molar-refractivity contribution is 6.34. The van der Waals surface area contributed by atoms with Crippen molar-refractivity contribution < 1.29 is 27.5 Å². The number of aliphatic carboxylic acids is 1. The number of nitrogens with two attached hydrogens (primary N) is 1. The molecule has 49 heavy (non-hydrogen) atoms. The summed E-state index contributed by atoms with van der Waals surface area (Å²) in [6.45, 7) is 1.13. The Bertz CT molecular complexity index is 2360. The van der Waals surface area contributed by atoms with Gasteiger partial charge in [0.25, 0.3) is 0 Å². The molecule has 6 aromatic rings. The molecule has 12 nitrogen and oxygen atoms in total. The fraction of sp³-hybridized carbons (Fsp3) is 0.212. The maximum absolute atomic E-state index is 14.4. The van der Waals surface area contributed by atoms with E-state index in [1.165, 1.54) is 18.5 Å². The number of nitrogens with zero attached hydrogens (tertiary/aromatic N) is 5. The predicted molar refractivity (Wildman–Crippen MR) is 175 cm³/mol. The van der Waals surface area contributed by atoms with Crippen LogP contribution in [-0.4, -0.2) is 35.2 Å². The summed E-state index contributed by atoms with van der Waals surface area (Å²) in [4.78, 5) is 51.9. The summed E-state index contributed by atoms with van der Waals surface area (Å²) in [6.07, 6.45) is 3.72. The largest absolute Gasteiger partial charge is 0.481 e. The van der Waals surface area contributed by atoms with Gasteiger partial charge in [-0.2, -0.15) is 4.98 Å². The second-order valence-electron chi connectivity index (χ2n) is 11.2. The van der Waals surface area contributed by atoms with E-state index in [9.17, 15) is 27.6 Å². The van der Waals surface area contributed by atoms with Gasteiger partial charge in [0, 0.05) is 42.4 Å². The number of hydrogen-bond donors (Lipinski definition) is 3. The first-order valence-electron chi connectivity index (χ1n) is 15.0. The molecule has 6 rings (SSSR count). The molecule has 3 heterocycles. The van der Waals surface area contributed by atoms with Crippen LogP contribution < -0.4 is 22.4 Å². The Morgan fingerprint density at radius 3 is 2.55 bits per heavy atom. The summed E-state index contributed by atoms with van der Waals surface area (Å²) in [5.41, 5.74) is 5.86. The number of pyridine rings is 1. The van der Waals surface area contributed by atoms with Gasteiger partial charge in [0.05, 0.1) is 29.1 Å². The van der Waals surface area contributed by atoms with Crippen molar-refractivity contribution in [1.29, 1.82) is 0 Å². The van der Waals surface area contributed by atoms with E-state index in [1.54, 1.807) is 25.1 Å². The second kappa shape index (κ2) is 13.5. The van der Waals surface area contributed by atoms with Gasteiger partial charge in [0.15, 0.2) is 28.9 Å². The Labute approximate surface area is 279 Å². The summed E-state index contributed by atoms with van der Waals surface area (Å²) in [5, 5.41) is 13.2. The first-order valence-corrected chi connectivity index (χ1v) is 15.3. The number of aryl methyl sites for hydroxylation is 2. The summed E-state index contributed by atoms with van der Waals surface area (Å²) in [5.74, 6) is -5.66. The van der Waals surface area contributed by atoms with Crippen LogP contribution in [0, 0.1) is 24.4 Å². The molecule has 0 fully saturated rings. The first-order chi connectivity index (χ1) is 23.5. The number of carboxylic acid groups (broad SMARTS) is 1. The lowest BCUT2D eigenvalue weighted by Crippen LogP contribution is -2.42. The molecule has 0 unspecified atom stereocenters. The summed E-state index contributed by atoms with van der Waals surface area (Å²) in [6, 6.07) is 8.14. The van der Waals surface area contributed by atoms with E-state index in [-0.39, 0.29) is 47.3 Å². The third kappa shape index (κ3) is 6.49. The van der Waals surface area contributed by atoms with Crippen LogP contribution in [0.5, 0.6) is 0 Å². The van der Waals surface area contributed by atoms with Crippen molar-refractivity contribution in [1.82, 2.24) is 24.1 Å². The smallest absolute Gasteiger partial charge is 0.359 e. The zero-order valence-electron chi connectivity index (χ0n) is 25.8. The van der Waals surface area contributed by atoms with E-state index >= 15 is 0 Å². The molecular formula is C33H27ClF3N7O5. The molecule has 0 aliphatic carbocycles. The molecule has 0 amide bonds. The third-order valence-electron chi connectivity index (χ3n) is 7.91. The molecule has 0 radical (unpaired) electrons. The van der Waals surface area contributed by atoms with Gasteiger partial charge >= 0.3 is 17.3 Å². The lowest BCUT2D eigenvalue weighted by Gasteiger charge is -2.19. The van der Waals surface area contributed by atoms with Gasteiger partial charge in [-0.1, -0.05) is 29.8 Å². The number of unbranched alkanes of at least 4 members (excludes halogenated alkanes) is 1. The minimum Gasteiger partial charge on any atom is -0.481 e. The van der Waals surface area contributed by atoms with Crippen molar-refractivity contribution in [2.24, 2.45) is 5.73 Å². The lowest BCUT2D eigenvalue weighted by atomic mass is 10.0.